The zero-order chi connectivity index (χ0) is 13.8. The molecule has 104 valence electrons. The van der Waals surface area contributed by atoms with Gasteiger partial charge in [-0.05, 0) is 47.0 Å². The quantitative estimate of drug-likeness (QED) is 0.779. The van der Waals surface area contributed by atoms with Crippen molar-refractivity contribution in [1.82, 2.24) is 4.90 Å². The van der Waals surface area contributed by atoms with Crippen LogP contribution in [0.1, 0.15) is 23.2 Å². The van der Waals surface area contributed by atoms with Gasteiger partial charge in [0.25, 0.3) is 0 Å². The van der Waals surface area contributed by atoms with Gasteiger partial charge in [0.05, 0.1) is 24.7 Å². The third kappa shape index (κ3) is 3.78. The maximum absolute atomic E-state index is 12.2. The molecule has 0 amide bonds. The van der Waals surface area contributed by atoms with Crippen LogP contribution in [0.3, 0.4) is 0 Å². The molecule has 1 N–H and O–H groups in total. The van der Waals surface area contributed by atoms with Crippen LogP contribution in [0, 0.1) is 0 Å². The normalized spacial score (nSPS) is 14.7. The van der Waals surface area contributed by atoms with Crippen molar-refractivity contribution in [2.24, 2.45) is 0 Å². The van der Waals surface area contributed by atoms with E-state index in [1.165, 1.54) is 0 Å². The summed E-state index contributed by atoms with van der Waals surface area (Å²) in [6, 6.07) is 5.81. The number of benzene rings is 1. The van der Waals surface area contributed by atoms with Gasteiger partial charge in [-0.3, -0.25) is 9.69 Å². The zero-order valence-corrected chi connectivity index (χ0v) is 12.5. The molecule has 4 nitrogen and oxygen atoms in total. The predicted octanol–water partition coefficient (Wildman–Crippen LogP) is 2.10. The minimum atomic E-state index is 0.0729. The predicted molar refractivity (Wildman–Crippen MR) is 76.7 cm³/mol. The average Bonchev–Trinajstić information content (AvgIpc) is 3.22. The number of methoxy groups -OCH3 is 1. The van der Waals surface area contributed by atoms with Crippen molar-refractivity contribution < 1.29 is 14.6 Å². The Hall–Kier alpha value is -0.910. The first-order chi connectivity index (χ1) is 9.15. The summed E-state index contributed by atoms with van der Waals surface area (Å²) in [5.74, 6) is 0.787. The van der Waals surface area contributed by atoms with Crippen molar-refractivity contribution in [2.75, 3.05) is 26.8 Å². The lowest BCUT2D eigenvalue weighted by molar-refractivity contribution is 0.0907. The molecule has 1 aromatic rings. The summed E-state index contributed by atoms with van der Waals surface area (Å²) in [6.45, 7) is 1.02. The number of nitrogens with zero attached hydrogens (tertiary/aromatic N) is 1. The van der Waals surface area contributed by atoms with Gasteiger partial charge in [0.2, 0.25) is 0 Å². The standard InChI is InChI=1S/C14H18BrNO3/c1-19-14-5-2-10(8-12(14)15)13(18)9-16(6-7-17)11-3-4-11/h2,5,8,11,17H,3-4,6-7,9H2,1H3. The lowest BCUT2D eigenvalue weighted by Gasteiger charge is -2.19. The van der Waals surface area contributed by atoms with Crippen molar-refractivity contribution >= 4 is 21.7 Å². The highest BCUT2D eigenvalue weighted by molar-refractivity contribution is 9.10. The molecular weight excluding hydrogens is 310 g/mol. The van der Waals surface area contributed by atoms with Crippen LogP contribution in [0.4, 0.5) is 0 Å². The van der Waals surface area contributed by atoms with Gasteiger partial charge in [-0.1, -0.05) is 0 Å². The molecular formula is C14H18BrNO3. The molecule has 0 spiro atoms. The van der Waals surface area contributed by atoms with Crippen molar-refractivity contribution in [3.8, 4) is 5.75 Å². The van der Waals surface area contributed by atoms with Crippen LogP contribution in [0.5, 0.6) is 5.75 Å². The van der Waals surface area contributed by atoms with E-state index >= 15 is 0 Å². The number of aliphatic hydroxyl groups excluding tert-OH is 1. The van der Waals surface area contributed by atoms with E-state index in [9.17, 15) is 4.79 Å². The van der Waals surface area contributed by atoms with Crippen molar-refractivity contribution in [3.63, 3.8) is 0 Å². The average molecular weight is 328 g/mol. The number of halogens is 1. The molecule has 0 atom stereocenters. The molecule has 0 radical (unpaired) electrons. The smallest absolute Gasteiger partial charge is 0.176 e. The second-order valence-electron chi connectivity index (χ2n) is 4.70. The van der Waals surface area contributed by atoms with E-state index in [0.29, 0.717) is 30.4 Å². The summed E-state index contributed by atoms with van der Waals surface area (Å²) >= 11 is 3.38. The third-order valence-electron chi connectivity index (χ3n) is 3.27. The molecule has 0 saturated heterocycles. The van der Waals surface area contributed by atoms with E-state index < -0.39 is 0 Å². The Morgan fingerprint density at radius 1 is 1.53 bits per heavy atom. The van der Waals surface area contributed by atoms with E-state index in [-0.39, 0.29) is 12.4 Å². The topological polar surface area (TPSA) is 49.8 Å². The van der Waals surface area contributed by atoms with Crippen LogP contribution in [-0.4, -0.2) is 48.6 Å². The monoisotopic (exact) mass is 327 g/mol. The molecule has 1 aliphatic carbocycles. The van der Waals surface area contributed by atoms with E-state index in [2.05, 4.69) is 20.8 Å². The number of carbonyl (C=O) groups excluding carboxylic acids is 1. The number of aliphatic hydroxyl groups is 1. The highest BCUT2D eigenvalue weighted by Gasteiger charge is 2.30. The van der Waals surface area contributed by atoms with Gasteiger partial charge in [-0.25, -0.2) is 0 Å². The van der Waals surface area contributed by atoms with Gasteiger partial charge in [-0.2, -0.15) is 0 Å². The number of carbonyl (C=O) groups is 1. The van der Waals surface area contributed by atoms with Crippen molar-refractivity contribution in [2.45, 2.75) is 18.9 Å². The molecule has 2 rings (SSSR count). The number of Topliss-reactive ketones (excluding diaryl/α,β-unsaturated/α-hetero) is 1. The molecule has 0 aliphatic heterocycles. The highest BCUT2D eigenvalue weighted by atomic mass is 79.9. The minimum absolute atomic E-state index is 0.0729. The van der Waals surface area contributed by atoms with Crippen LogP contribution in [0.25, 0.3) is 0 Å². The Kier molecular flexibility index (Phi) is 4.96. The van der Waals surface area contributed by atoms with Crippen molar-refractivity contribution in [3.05, 3.63) is 28.2 Å². The molecule has 1 aromatic carbocycles. The highest BCUT2D eigenvalue weighted by Crippen LogP contribution is 2.28. The molecule has 1 saturated carbocycles. The van der Waals surface area contributed by atoms with Crippen molar-refractivity contribution in [1.29, 1.82) is 0 Å². The van der Waals surface area contributed by atoms with Gasteiger partial charge >= 0.3 is 0 Å². The van der Waals surface area contributed by atoms with Gasteiger partial charge in [0.1, 0.15) is 5.75 Å². The van der Waals surface area contributed by atoms with Crippen LogP contribution in [0.15, 0.2) is 22.7 Å². The molecule has 1 aliphatic rings. The minimum Gasteiger partial charge on any atom is -0.496 e. The summed E-state index contributed by atoms with van der Waals surface area (Å²) in [4.78, 5) is 14.3. The van der Waals surface area contributed by atoms with Crippen LogP contribution >= 0.6 is 15.9 Å². The molecule has 0 aromatic heterocycles. The summed E-state index contributed by atoms with van der Waals surface area (Å²) < 4.78 is 5.92. The van der Waals surface area contributed by atoms with Crippen LogP contribution < -0.4 is 4.74 Å². The van der Waals surface area contributed by atoms with E-state index in [4.69, 9.17) is 9.84 Å². The Morgan fingerprint density at radius 2 is 2.26 bits per heavy atom. The molecule has 1 fully saturated rings. The SMILES string of the molecule is COc1ccc(C(=O)CN(CCO)C2CC2)cc1Br. The van der Waals surface area contributed by atoms with Crippen LogP contribution in [0.2, 0.25) is 0 Å². The first kappa shape index (κ1) is 14.5. The first-order valence-electron chi connectivity index (χ1n) is 6.37. The number of ether oxygens (including phenoxy) is 1. The fourth-order valence-corrected chi connectivity index (χ4v) is 2.62. The Balaban J connectivity index is 2.04. The van der Waals surface area contributed by atoms with E-state index in [1.54, 1.807) is 25.3 Å². The summed E-state index contributed by atoms with van der Waals surface area (Å²) in [7, 11) is 1.59. The largest absolute Gasteiger partial charge is 0.496 e. The third-order valence-corrected chi connectivity index (χ3v) is 3.89. The number of ketones is 1. The lowest BCUT2D eigenvalue weighted by Crippen LogP contribution is -2.34. The molecule has 0 bridgehead atoms. The fraction of sp³-hybridized carbons (Fsp3) is 0.500. The number of hydrogen-bond acceptors (Lipinski definition) is 4. The Labute approximate surface area is 121 Å². The molecule has 0 unspecified atom stereocenters. The van der Waals surface area contributed by atoms with Gasteiger partial charge < -0.3 is 9.84 Å². The van der Waals surface area contributed by atoms with E-state index in [0.717, 1.165) is 17.3 Å². The molecule has 19 heavy (non-hydrogen) atoms. The zero-order valence-electron chi connectivity index (χ0n) is 10.9. The molecule has 5 heteroatoms. The second-order valence-corrected chi connectivity index (χ2v) is 5.55. The van der Waals surface area contributed by atoms with Crippen LogP contribution in [-0.2, 0) is 0 Å². The maximum Gasteiger partial charge on any atom is 0.176 e. The maximum atomic E-state index is 12.2. The molecule has 0 heterocycles. The summed E-state index contributed by atoms with van der Waals surface area (Å²) in [5.41, 5.74) is 0.663. The first-order valence-corrected chi connectivity index (χ1v) is 7.16. The van der Waals surface area contributed by atoms with Gasteiger partial charge in [0, 0.05) is 18.2 Å². The second kappa shape index (κ2) is 6.50. The number of rotatable bonds is 7. The summed E-state index contributed by atoms with van der Waals surface area (Å²) in [5, 5.41) is 9.03. The Bertz CT molecular complexity index is 460. The lowest BCUT2D eigenvalue weighted by atomic mass is 10.1. The van der Waals surface area contributed by atoms with Gasteiger partial charge in [-0.15, -0.1) is 0 Å². The van der Waals surface area contributed by atoms with Gasteiger partial charge in [0.15, 0.2) is 5.78 Å². The number of hydrogen-bond donors (Lipinski definition) is 1. The fourth-order valence-electron chi connectivity index (χ4n) is 2.07. The van der Waals surface area contributed by atoms with E-state index in [1.807, 2.05) is 0 Å². The Morgan fingerprint density at radius 3 is 2.79 bits per heavy atom. The summed E-state index contributed by atoms with van der Waals surface area (Å²) in [6.07, 6.45) is 2.25.